The molecule has 0 heterocycles. The molecule has 0 spiro atoms. The second-order valence-corrected chi connectivity index (χ2v) is 4.99. The number of aliphatic carboxylic acids is 1. The van der Waals surface area contributed by atoms with Crippen LogP contribution in [0, 0.1) is 0 Å². The van der Waals surface area contributed by atoms with Crippen molar-refractivity contribution in [1.29, 1.82) is 0 Å². The number of rotatable bonds is 6. The molecule has 0 aliphatic carbocycles. The van der Waals surface area contributed by atoms with Crippen molar-refractivity contribution in [3.05, 3.63) is 46.0 Å². The van der Waals surface area contributed by atoms with Crippen LogP contribution in [0.2, 0.25) is 0 Å². The molecule has 1 unspecified atom stereocenters. The molecule has 3 nitrogen and oxygen atoms in total. The molecule has 2 N–H and O–H groups in total. The first-order valence-electron chi connectivity index (χ1n) is 5.95. The van der Waals surface area contributed by atoms with E-state index in [1.54, 1.807) is 6.08 Å². The van der Waals surface area contributed by atoms with E-state index in [1.807, 2.05) is 25.1 Å². The van der Waals surface area contributed by atoms with Crippen molar-refractivity contribution in [3.63, 3.8) is 0 Å². The number of benzene rings is 1. The number of hydrogen-bond donors (Lipinski definition) is 2. The Morgan fingerprint density at radius 3 is 2.83 bits per heavy atom. The second kappa shape index (κ2) is 7.34. The molecule has 4 heteroatoms. The van der Waals surface area contributed by atoms with E-state index in [1.165, 1.54) is 5.56 Å². The normalized spacial score (nSPS) is 13.4. The molecule has 98 valence electrons. The Hall–Kier alpha value is -1.13. The lowest BCUT2D eigenvalue weighted by atomic mass is 10.1. The number of carboxylic acids is 1. The molecule has 0 saturated heterocycles. The Bertz CT molecular complexity index is 443. The summed E-state index contributed by atoms with van der Waals surface area (Å²) in [7, 11) is 0. The van der Waals surface area contributed by atoms with Gasteiger partial charge in [-0.05, 0) is 31.0 Å². The highest BCUT2D eigenvalue weighted by Gasteiger charge is 2.06. The monoisotopic (exact) mass is 311 g/mol. The maximum atomic E-state index is 10.8. The van der Waals surface area contributed by atoms with Crippen LogP contribution in [0.1, 0.15) is 31.9 Å². The number of hydrogen-bond acceptors (Lipinski definition) is 2. The lowest BCUT2D eigenvalue weighted by molar-refractivity contribution is -0.132. The summed E-state index contributed by atoms with van der Waals surface area (Å²) >= 11 is 3.43. The van der Waals surface area contributed by atoms with Crippen molar-refractivity contribution in [2.24, 2.45) is 0 Å². The SMILES string of the molecule is CC/C(=C/CNC(C)c1cccc(Br)c1)C(=O)O. The summed E-state index contributed by atoms with van der Waals surface area (Å²) < 4.78 is 1.05. The van der Waals surface area contributed by atoms with Crippen LogP contribution < -0.4 is 5.32 Å². The Morgan fingerprint density at radius 2 is 2.28 bits per heavy atom. The van der Waals surface area contributed by atoms with E-state index in [0.29, 0.717) is 18.5 Å². The van der Waals surface area contributed by atoms with Crippen molar-refractivity contribution in [1.82, 2.24) is 5.32 Å². The van der Waals surface area contributed by atoms with E-state index in [0.717, 1.165) is 4.47 Å². The molecule has 0 fully saturated rings. The summed E-state index contributed by atoms with van der Waals surface area (Å²) in [6.07, 6.45) is 2.28. The zero-order valence-corrected chi connectivity index (χ0v) is 12.2. The van der Waals surface area contributed by atoms with Gasteiger partial charge in [0.25, 0.3) is 0 Å². The van der Waals surface area contributed by atoms with Gasteiger partial charge >= 0.3 is 5.97 Å². The Balaban J connectivity index is 2.56. The van der Waals surface area contributed by atoms with Crippen molar-refractivity contribution >= 4 is 21.9 Å². The molecule has 0 bridgehead atoms. The summed E-state index contributed by atoms with van der Waals surface area (Å²) in [5.74, 6) is -0.839. The van der Waals surface area contributed by atoms with Crippen LogP contribution in [0.3, 0.4) is 0 Å². The molecule has 1 atom stereocenters. The molecule has 1 rings (SSSR count). The maximum absolute atomic E-state index is 10.8. The minimum absolute atomic E-state index is 0.186. The van der Waals surface area contributed by atoms with E-state index < -0.39 is 5.97 Å². The van der Waals surface area contributed by atoms with Crippen LogP contribution in [-0.4, -0.2) is 17.6 Å². The van der Waals surface area contributed by atoms with Crippen LogP contribution in [0.4, 0.5) is 0 Å². The van der Waals surface area contributed by atoms with E-state index >= 15 is 0 Å². The van der Waals surface area contributed by atoms with Gasteiger partial charge in [-0.3, -0.25) is 0 Å². The molecule has 0 radical (unpaired) electrons. The third-order valence-electron chi connectivity index (χ3n) is 2.78. The maximum Gasteiger partial charge on any atom is 0.331 e. The van der Waals surface area contributed by atoms with Crippen molar-refractivity contribution in [2.45, 2.75) is 26.3 Å². The van der Waals surface area contributed by atoms with Gasteiger partial charge < -0.3 is 10.4 Å². The molecule has 0 aliphatic heterocycles. The smallest absolute Gasteiger partial charge is 0.331 e. The van der Waals surface area contributed by atoms with Crippen LogP contribution >= 0.6 is 15.9 Å². The topological polar surface area (TPSA) is 49.3 Å². The van der Waals surface area contributed by atoms with Crippen molar-refractivity contribution in [2.75, 3.05) is 6.54 Å². The quantitative estimate of drug-likeness (QED) is 0.790. The largest absolute Gasteiger partial charge is 0.478 e. The predicted octanol–water partition coefficient (Wildman–Crippen LogP) is 3.52. The number of carboxylic acid groups (broad SMARTS) is 1. The van der Waals surface area contributed by atoms with Crippen molar-refractivity contribution < 1.29 is 9.90 Å². The van der Waals surface area contributed by atoms with Gasteiger partial charge in [0.05, 0.1) is 0 Å². The highest BCUT2D eigenvalue weighted by molar-refractivity contribution is 9.10. The Kier molecular flexibility index (Phi) is 6.09. The van der Waals surface area contributed by atoms with Gasteiger partial charge in [0.1, 0.15) is 0 Å². The lowest BCUT2D eigenvalue weighted by Gasteiger charge is -2.13. The molecule has 0 aliphatic rings. The van der Waals surface area contributed by atoms with E-state index in [2.05, 4.69) is 34.2 Å². The zero-order valence-electron chi connectivity index (χ0n) is 10.6. The highest BCUT2D eigenvalue weighted by Crippen LogP contribution is 2.17. The van der Waals surface area contributed by atoms with Crippen LogP contribution in [-0.2, 0) is 4.79 Å². The zero-order chi connectivity index (χ0) is 13.5. The number of halogens is 1. The van der Waals surface area contributed by atoms with Gasteiger partial charge in [-0.15, -0.1) is 0 Å². The fourth-order valence-electron chi connectivity index (χ4n) is 1.64. The molecule has 0 aromatic heterocycles. The Morgan fingerprint density at radius 1 is 1.56 bits per heavy atom. The second-order valence-electron chi connectivity index (χ2n) is 4.07. The predicted molar refractivity (Wildman–Crippen MR) is 76.6 cm³/mol. The fourth-order valence-corrected chi connectivity index (χ4v) is 2.05. The first-order valence-corrected chi connectivity index (χ1v) is 6.75. The average molecular weight is 312 g/mol. The van der Waals surface area contributed by atoms with Gasteiger partial charge in [0, 0.05) is 22.6 Å². The van der Waals surface area contributed by atoms with Gasteiger partial charge in [-0.1, -0.05) is 41.1 Å². The number of carbonyl (C=O) groups is 1. The molecule has 1 aromatic carbocycles. The van der Waals surface area contributed by atoms with Crippen LogP contribution in [0.25, 0.3) is 0 Å². The van der Waals surface area contributed by atoms with Crippen molar-refractivity contribution in [3.8, 4) is 0 Å². The summed E-state index contributed by atoms with van der Waals surface area (Å²) in [5.41, 5.74) is 1.62. The molecule has 0 amide bonds. The third-order valence-corrected chi connectivity index (χ3v) is 3.27. The summed E-state index contributed by atoms with van der Waals surface area (Å²) in [6.45, 7) is 4.46. The molecule has 18 heavy (non-hydrogen) atoms. The molecule has 0 saturated carbocycles. The standard InChI is InChI=1S/C14H18BrNO2/c1-3-11(14(17)18)7-8-16-10(2)12-5-4-6-13(15)9-12/h4-7,9-10,16H,3,8H2,1-2H3,(H,17,18)/b11-7-. The molecular formula is C14H18BrNO2. The summed E-state index contributed by atoms with van der Waals surface area (Å²) in [5, 5.41) is 12.2. The highest BCUT2D eigenvalue weighted by atomic mass is 79.9. The van der Waals surface area contributed by atoms with Crippen LogP contribution in [0.5, 0.6) is 0 Å². The summed E-state index contributed by atoms with van der Waals surface area (Å²) in [6, 6.07) is 8.26. The van der Waals surface area contributed by atoms with Gasteiger partial charge in [-0.2, -0.15) is 0 Å². The average Bonchev–Trinajstić information content (AvgIpc) is 2.34. The van der Waals surface area contributed by atoms with E-state index in [9.17, 15) is 4.79 Å². The Labute approximate surface area is 116 Å². The minimum atomic E-state index is -0.839. The van der Waals surface area contributed by atoms with E-state index in [-0.39, 0.29) is 6.04 Å². The number of nitrogens with one attached hydrogen (secondary N) is 1. The van der Waals surface area contributed by atoms with E-state index in [4.69, 9.17) is 5.11 Å². The first kappa shape index (κ1) is 14.9. The third kappa shape index (κ3) is 4.63. The summed E-state index contributed by atoms with van der Waals surface area (Å²) in [4.78, 5) is 10.8. The van der Waals surface area contributed by atoms with Gasteiger partial charge in [-0.25, -0.2) is 4.79 Å². The lowest BCUT2D eigenvalue weighted by Crippen LogP contribution is -2.19. The van der Waals surface area contributed by atoms with Gasteiger partial charge in [0.2, 0.25) is 0 Å². The minimum Gasteiger partial charge on any atom is -0.478 e. The molecular weight excluding hydrogens is 294 g/mol. The molecule has 1 aromatic rings. The first-order chi connectivity index (χ1) is 8.54. The van der Waals surface area contributed by atoms with Gasteiger partial charge in [0.15, 0.2) is 0 Å². The fraction of sp³-hybridized carbons (Fsp3) is 0.357. The van der Waals surface area contributed by atoms with Crippen LogP contribution in [0.15, 0.2) is 40.4 Å².